The van der Waals surface area contributed by atoms with Crippen LogP contribution in [0, 0.1) is 12.7 Å². The Morgan fingerprint density at radius 2 is 1.83 bits per heavy atom. The van der Waals surface area contributed by atoms with Crippen LogP contribution in [-0.2, 0) is 13.1 Å². The van der Waals surface area contributed by atoms with E-state index in [-0.39, 0.29) is 29.8 Å². The molecule has 0 amide bonds. The minimum atomic E-state index is -0.223. The molecule has 0 unspecified atom stereocenters. The number of nitrogens with one attached hydrogen (secondary N) is 2. The van der Waals surface area contributed by atoms with Crippen LogP contribution in [0.2, 0.25) is 0 Å². The number of hydrogen-bond donors (Lipinski definition) is 2. The molecule has 2 aromatic carbocycles. The highest BCUT2D eigenvalue weighted by Crippen LogP contribution is 2.18. The Morgan fingerprint density at radius 3 is 2.50 bits per heavy atom. The van der Waals surface area contributed by atoms with Crippen molar-refractivity contribution in [3.05, 3.63) is 65.0 Å². The second-order valence-corrected chi connectivity index (χ2v) is 5.17. The van der Waals surface area contributed by atoms with Crippen molar-refractivity contribution in [1.29, 1.82) is 0 Å². The van der Waals surface area contributed by atoms with Crippen LogP contribution in [0.25, 0.3) is 0 Å². The van der Waals surface area contributed by atoms with E-state index in [9.17, 15) is 4.39 Å². The summed E-state index contributed by atoms with van der Waals surface area (Å²) in [6.45, 7) is 2.99. The molecule has 2 aromatic rings. The molecule has 2 N–H and O–H groups in total. The van der Waals surface area contributed by atoms with Gasteiger partial charge in [-0.1, -0.05) is 30.3 Å². The molecule has 24 heavy (non-hydrogen) atoms. The number of hydrogen-bond acceptors (Lipinski definition) is 2. The fraction of sp³-hybridized carbons (Fsp3) is 0.278. The van der Waals surface area contributed by atoms with E-state index < -0.39 is 0 Å². The van der Waals surface area contributed by atoms with Crippen molar-refractivity contribution in [2.45, 2.75) is 20.0 Å². The molecule has 4 nitrogen and oxygen atoms in total. The first-order valence-electron chi connectivity index (χ1n) is 7.45. The van der Waals surface area contributed by atoms with Crippen molar-refractivity contribution >= 4 is 29.9 Å². The third-order valence-electron chi connectivity index (χ3n) is 3.56. The molecule has 130 valence electrons. The summed E-state index contributed by atoms with van der Waals surface area (Å²) in [6.07, 6.45) is 0. The Morgan fingerprint density at radius 1 is 1.12 bits per heavy atom. The number of halogens is 2. The summed E-state index contributed by atoms with van der Waals surface area (Å²) in [4.78, 5) is 4.15. The number of guanidine groups is 1. The standard InChI is InChI=1S/C18H22FN3O.HI/c1-13-8-9-14(10-17(13)23-3)11-21-18(20-2)22-12-15-6-4-5-7-16(15)19;/h4-10H,11-12H2,1-3H3,(H2,20,21,22);1H. The molecule has 0 aromatic heterocycles. The Balaban J connectivity index is 0.00000288. The zero-order valence-corrected chi connectivity index (χ0v) is 16.4. The first-order valence-corrected chi connectivity index (χ1v) is 7.45. The molecule has 6 heteroatoms. The Bertz CT molecular complexity index is 692. The highest BCUT2D eigenvalue weighted by atomic mass is 127. The average molecular weight is 443 g/mol. The number of methoxy groups -OCH3 is 1. The van der Waals surface area contributed by atoms with Crippen LogP contribution in [0.4, 0.5) is 4.39 Å². The van der Waals surface area contributed by atoms with Crippen LogP contribution in [0.5, 0.6) is 5.75 Å². The average Bonchev–Trinajstić information content (AvgIpc) is 2.57. The van der Waals surface area contributed by atoms with Crippen molar-refractivity contribution < 1.29 is 9.13 Å². The third-order valence-corrected chi connectivity index (χ3v) is 3.56. The van der Waals surface area contributed by atoms with Crippen LogP contribution in [0.1, 0.15) is 16.7 Å². The van der Waals surface area contributed by atoms with Gasteiger partial charge < -0.3 is 15.4 Å². The zero-order valence-electron chi connectivity index (χ0n) is 14.1. The lowest BCUT2D eigenvalue weighted by molar-refractivity contribution is 0.411. The van der Waals surface area contributed by atoms with Crippen molar-refractivity contribution in [1.82, 2.24) is 10.6 Å². The smallest absolute Gasteiger partial charge is 0.191 e. The lowest BCUT2D eigenvalue weighted by Crippen LogP contribution is -2.36. The molecule has 0 fully saturated rings. The van der Waals surface area contributed by atoms with Gasteiger partial charge in [-0.25, -0.2) is 4.39 Å². The van der Waals surface area contributed by atoms with Crippen LogP contribution in [0.3, 0.4) is 0 Å². The van der Waals surface area contributed by atoms with Gasteiger partial charge in [-0.15, -0.1) is 24.0 Å². The Kier molecular flexibility index (Phi) is 8.53. The molecule has 0 bridgehead atoms. The summed E-state index contributed by atoms with van der Waals surface area (Å²) in [7, 11) is 3.35. The molecule has 0 aliphatic carbocycles. The molecule has 0 aliphatic rings. The SMILES string of the molecule is CN=C(NCc1ccc(C)c(OC)c1)NCc1ccccc1F.I. The second-order valence-electron chi connectivity index (χ2n) is 5.17. The first kappa shape index (κ1) is 20.2. The highest BCUT2D eigenvalue weighted by molar-refractivity contribution is 14.0. The van der Waals surface area contributed by atoms with Crippen molar-refractivity contribution in [3.63, 3.8) is 0 Å². The van der Waals surface area contributed by atoms with E-state index in [2.05, 4.69) is 15.6 Å². The van der Waals surface area contributed by atoms with Crippen LogP contribution < -0.4 is 15.4 Å². The maximum Gasteiger partial charge on any atom is 0.191 e. The number of ether oxygens (including phenoxy) is 1. The topological polar surface area (TPSA) is 45.7 Å². The quantitative estimate of drug-likeness (QED) is 0.422. The van der Waals surface area contributed by atoms with Crippen LogP contribution in [-0.4, -0.2) is 20.1 Å². The zero-order chi connectivity index (χ0) is 16.7. The van der Waals surface area contributed by atoms with Gasteiger partial charge in [0, 0.05) is 25.7 Å². The molecule has 0 radical (unpaired) electrons. The summed E-state index contributed by atoms with van der Waals surface area (Å²) in [5, 5.41) is 6.31. The summed E-state index contributed by atoms with van der Waals surface area (Å²) < 4.78 is 18.9. The van der Waals surface area contributed by atoms with Crippen LogP contribution in [0.15, 0.2) is 47.5 Å². The van der Waals surface area contributed by atoms with E-state index in [0.717, 1.165) is 16.9 Å². The molecular formula is C18H23FIN3O. The van der Waals surface area contributed by atoms with Gasteiger partial charge in [0.25, 0.3) is 0 Å². The van der Waals surface area contributed by atoms with Gasteiger partial charge in [0.2, 0.25) is 0 Å². The monoisotopic (exact) mass is 443 g/mol. The minimum absolute atomic E-state index is 0. The van der Waals surface area contributed by atoms with Crippen molar-refractivity contribution in [2.75, 3.05) is 14.2 Å². The van der Waals surface area contributed by atoms with Gasteiger partial charge in [0.15, 0.2) is 5.96 Å². The number of aliphatic imine (C=N–C) groups is 1. The molecule has 0 aliphatic heterocycles. The van der Waals surface area contributed by atoms with Gasteiger partial charge in [-0.2, -0.15) is 0 Å². The number of nitrogens with zero attached hydrogens (tertiary/aromatic N) is 1. The summed E-state index contributed by atoms with van der Waals surface area (Å²) in [6, 6.07) is 12.7. The predicted octanol–water partition coefficient (Wildman–Crippen LogP) is 3.63. The van der Waals surface area contributed by atoms with E-state index in [1.165, 1.54) is 6.07 Å². The van der Waals surface area contributed by atoms with Gasteiger partial charge in [-0.3, -0.25) is 4.99 Å². The molecule has 0 atom stereocenters. The summed E-state index contributed by atoms with van der Waals surface area (Å²) in [5.41, 5.74) is 2.78. The largest absolute Gasteiger partial charge is 0.496 e. The molecule has 0 heterocycles. The molecule has 0 spiro atoms. The van der Waals surface area contributed by atoms with Crippen molar-refractivity contribution in [3.8, 4) is 5.75 Å². The first-order chi connectivity index (χ1) is 11.1. The van der Waals surface area contributed by atoms with E-state index in [1.54, 1.807) is 26.3 Å². The Labute approximate surface area is 159 Å². The molecule has 2 rings (SSSR count). The second kappa shape index (κ2) is 10.1. The summed E-state index contributed by atoms with van der Waals surface area (Å²) in [5.74, 6) is 1.25. The molecular weight excluding hydrogens is 420 g/mol. The highest BCUT2D eigenvalue weighted by Gasteiger charge is 2.04. The van der Waals surface area contributed by atoms with Gasteiger partial charge in [-0.05, 0) is 30.2 Å². The predicted molar refractivity (Wildman–Crippen MR) is 107 cm³/mol. The summed E-state index contributed by atoms with van der Waals surface area (Å²) >= 11 is 0. The number of aryl methyl sites for hydroxylation is 1. The van der Waals surface area contributed by atoms with E-state index >= 15 is 0 Å². The van der Waals surface area contributed by atoms with E-state index in [4.69, 9.17) is 4.74 Å². The molecule has 0 saturated heterocycles. The van der Waals surface area contributed by atoms with Gasteiger partial charge in [0.05, 0.1) is 7.11 Å². The lowest BCUT2D eigenvalue weighted by Gasteiger charge is -2.13. The fourth-order valence-corrected chi connectivity index (χ4v) is 2.20. The molecule has 0 saturated carbocycles. The Hall–Kier alpha value is -1.83. The number of rotatable bonds is 5. The lowest BCUT2D eigenvalue weighted by atomic mass is 10.1. The minimum Gasteiger partial charge on any atom is -0.496 e. The van der Waals surface area contributed by atoms with Gasteiger partial charge in [0.1, 0.15) is 11.6 Å². The fourth-order valence-electron chi connectivity index (χ4n) is 2.20. The number of benzene rings is 2. The maximum absolute atomic E-state index is 13.6. The maximum atomic E-state index is 13.6. The van der Waals surface area contributed by atoms with E-state index in [0.29, 0.717) is 24.6 Å². The van der Waals surface area contributed by atoms with Crippen molar-refractivity contribution in [2.24, 2.45) is 4.99 Å². The third kappa shape index (κ3) is 5.67. The van der Waals surface area contributed by atoms with E-state index in [1.807, 2.05) is 31.2 Å². The van der Waals surface area contributed by atoms with Crippen LogP contribution >= 0.6 is 24.0 Å². The normalized spacial score (nSPS) is 10.8. The van der Waals surface area contributed by atoms with Gasteiger partial charge >= 0.3 is 0 Å².